The molecule has 0 spiro atoms. The Balaban J connectivity index is 2.63. The van der Waals surface area contributed by atoms with E-state index in [0.717, 1.165) is 5.56 Å². The number of rotatable bonds is 1. The standard InChI is InChI=1S/C13H11FN4/c1-7-5-9(14)3-4-10(7)13-17-8(2)11(6-15)12(16)18-13/h3-5H,1-2H3,(H2,16,17,18). The summed E-state index contributed by atoms with van der Waals surface area (Å²) in [6.45, 7) is 3.46. The Bertz CT molecular complexity index is 636. The van der Waals surface area contributed by atoms with E-state index in [1.165, 1.54) is 12.1 Å². The minimum atomic E-state index is -0.311. The van der Waals surface area contributed by atoms with Gasteiger partial charge in [-0.1, -0.05) is 0 Å². The van der Waals surface area contributed by atoms with Crippen molar-refractivity contribution in [2.75, 3.05) is 5.73 Å². The van der Waals surface area contributed by atoms with Gasteiger partial charge >= 0.3 is 0 Å². The second-order valence-corrected chi connectivity index (χ2v) is 3.96. The SMILES string of the molecule is Cc1cc(F)ccc1-c1nc(C)c(C#N)c(N)n1. The van der Waals surface area contributed by atoms with Gasteiger partial charge in [-0.3, -0.25) is 0 Å². The average Bonchev–Trinajstić information content (AvgIpc) is 2.28. The predicted molar refractivity (Wildman–Crippen MR) is 66.0 cm³/mol. The summed E-state index contributed by atoms with van der Waals surface area (Å²) >= 11 is 0. The van der Waals surface area contributed by atoms with Gasteiger partial charge in [0.25, 0.3) is 0 Å². The molecule has 0 radical (unpaired) electrons. The maximum absolute atomic E-state index is 13.0. The molecule has 4 nitrogen and oxygen atoms in total. The number of nitrogen functional groups attached to an aromatic ring is 1. The minimum Gasteiger partial charge on any atom is -0.382 e. The van der Waals surface area contributed by atoms with E-state index in [0.29, 0.717) is 17.1 Å². The van der Waals surface area contributed by atoms with Crippen molar-refractivity contribution in [1.29, 1.82) is 5.26 Å². The topological polar surface area (TPSA) is 75.6 Å². The number of nitrogens with two attached hydrogens (primary N) is 1. The van der Waals surface area contributed by atoms with Crippen LogP contribution >= 0.6 is 0 Å². The lowest BCUT2D eigenvalue weighted by molar-refractivity contribution is 0.627. The van der Waals surface area contributed by atoms with Gasteiger partial charge in [-0.25, -0.2) is 14.4 Å². The molecule has 0 bridgehead atoms. The summed E-state index contributed by atoms with van der Waals surface area (Å²) in [4.78, 5) is 8.32. The van der Waals surface area contributed by atoms with E-state index in [2.05, 4.69) is 9.97 Å². The van der Waals surface area contributed by atoms with E-state index in [1.807, 2.05) is 6.07 Å². The molecule has 1 heterocycles. The summed E-state index contributed by atoms with van der Waals surface area (Å²) in [7, 11) is 0. The van der Waals surface area contributed by atoms with Crippen molar-refractivity contribution in [2.24, 2.45) is 0 Å². The van der Waals surface area contributed by atoms with Gasteiger partial charge in [-0.15, -0.1) is 0 Å². The Labute approximate surface area is 104 Å². The molecule has 0 saturated heterocycles. The van der Waals surface area contributed by atoms with Crippen LogP contribution in [0.15, 0.2) is 18.2 Å². The summed E-state index contributed by atoms with van der Waals surface area (Å²) in [6, 6.07) is 6.31. The Hall–Kier alpha value is -2.48. The quantitative estimate of drug-likeness (QED) is 0.832. The van der Waals surface area contributed by atoms with Crippen LogP contribution in [0.25, 0.3) is 11.4 Å². The second-order valence-electron chi connectivity index (χ2n) is 3.96. The summed E-state index contributed by atoms with van der Waals surface area (Å²) in [5.74, 6) is 0.236. The zero-order valence-electron chi connectivity index (χ0n) is 10.0. The summed E-state index contributed by atoms with van der Waals surface area (Å²) < 4.78 is 13.0. The first-order valence-electron chi connectivity index (χ1n) is 5.33. The third kappa shape index (κ3) is 2.00. The smallest absolute Gasteiger partial charge is 0.162 e. The van der Waals surface area contributed by atoms with Crippen molar-refractivity contribution in [3.05, 3.63) is 40.8 Å². The second kappa shape index (κ2) is 4.41. The molecule has 0 amide bonds. The highest BCUT2D eigenvalue weighted by molar-refractivity contribution is 5.64. The molecule has 0 saturated carbocycles. The Morgan fingerprint density at radius 3 is 2.56 bits per heavy atom. The average molecular weight is 242 g/mol. The normalized spacial score (nSPS) is 10.1. The predicted octanol–water partition coefficient (Wildman–Crippen LogP) is 2.35. The molecule has 1 aromatic heterocycles. The van der Waals surface area contributed by atoms with Crippen molar-refractivity contribution >= 4 is 5.82 Å². The molecule has 0 aliphatic heterocycles. The third-order valence-electron chi connectivity index (χ3n) is 2.66. The number of aromatic nitrogens is 2. The van der Waals surface area contributed by atoms with Gasteiger partial charge in [0.2, 0.25) is 0 Å². The third-order valence-corrected chi connectivity index (χ3v) is 2.66. The summed E-state index contributed by atoms with van der Waals surface area (Å²) in [5.41, 5.74) is 7.92. The van der Waals surface area contributed by atoms with Gasteiger partial charge in [0.1, 0.15) is 23.3 Å². The van der Waals surface area contributed by atoms with Gasteiger partial charge in [0.15, 0.2) is 5.82 Å². The van der Waals surface area contributed by atoms with Crippen molar-refractivity contribution in [1.82, 2.24) is 9.97 Å². The van der Waals surface area contributed by atoms with Gasteiger partial charge in [0.05, 0.1) is 5.69 Å². The highest BCUT2D eigenvalue weighted by atomic mass is 19.1. The number of benzene rings is 1. The van der Waals surface area contributed by atoms with Crippen LogP contribution in [0.1, 0.15) is 16.8 Å². The van der Waals surface area contributed by atoms with Gasteiger partial charge < -0.3 is 5.73 Å². The molecule has 2 rings (SSSR count). The molecule has 0 fully saturated rings. The maximum atomic E-state index is 13.0. The molecule has 18 heavy (non-hydrogen) atoms. The first kappa shape index (κ1) is 12.0. The molecular weight excluding hydrogens is 231 g/mol. The van der Waals surface area contributed by atoms with Crippen molar-refractivity contribution < 1.29 is 4.39 Å². The number of nitriles is 1. The monoisotopic (exact) mass is 242 g/mol. The summed E-state index contributed by atoms with van der Waals surface area (Å²) in [5, 5.41) is 8.89. The number of nitrogens with zero attached hydrogens (tertiary/aromatic N) is 3. The molecule has 90 valence electrons. The first-order chi connectivity index (χ1) is 8.52. The Kier molecular flexibility index (Phi) is 2.94. The molecule has 2 N–H and O–H groups in total. The molecule has 1 aromatic carbocycles. The fourth-order valence-corrected chi connectivity index (χ4v) is 1.73. The van der Waals surface area contributed by atoms with Gasteiger partial charge in [-0.2, -0.15) is 5.26 Å². The minimum absolute atomic E-state index is 0.142. The number of halogens is 1. The van der Waals surface area contributed by atoms with E-state index in [4.69, 9.17) is 11.0 Å². The zero-order valence-corrected chi connectivity index (χ0v) is 10.0. The van der Waals surface area contributed by atoms with Crippen LogP contribution in [0.4, 0.5) is 10.2 Å². The van der Waals surface area contributed by atoms with E-state index < -0.39 is 0 Å². The summed E-state index contributed by atoms with van der Waals surface area (Å²) in [6.07, 6.45) is 0. The van der Waals surface area contributed by atoms with Crippen LogP contribution in [0, 0.1) is 31.0 Å². The molecule has 0 aliphatic rings. The maximum Gasteiger partial charge on any atom is 0.162 e. The van der Waals surface area contributed by atoms with Crippen molar-refractivity contribution in [2.45, 2.75) is 13.8 Å². The largest absolute Gasteiger partial charge is 0.382 e. The first-order valence-corrected chi connectivity index (χ1v) is 5.33. The van der Waals surface area contributed by atoms with Crippen molar-refractivity contribution in [3.8, 4) is 17.5 Å². The van der Waals surface area contributed by atoms with E-state index in [1.54, 1.807) is 19.9 Å². The fraction of sp³-hybridized carbons (Fsp3) is 0.154. The number of aryl methyl sites for hydroxylation is 2. The fourth-order valence-electron chi connectivity index (χ4n) is 1.73. The lowest BCUT2D eigenvalue weighted by Crippen LogP contribution is -2.03. The van der Waals surface area contributed by atoms with E-state index >= 15 is 0 Å². The van der Waals surface area contributed by atoms with Crippen LogP contribution in [0.5, 0.6) is 0 Å². The van der Waals surface area contributed by atoms with Crippen LogP contribution in [-0.2, 0) is 0 Å². The number of hydrogen-bond donors (Lipinski definition) is 1. The number of hydrogen-bond acceptors (Lipinski definition) is 4. The zero-order chi connectivity index (χ0) is 13.3. The van der Waals surface area contributed by atoms with Gasteiger partial charge in [0, 0.05) is 5.56 Å². The van der Waals surface area contributed by atoms with Crippen LogP contribution in [0.3, 0.4) is 0 Å². The van der Waals surface area contributed by atoms with Crippen LogP contribution in [-0.4, -0.2) is 9.97 Å². The highest BCUT2D eigenvalue weighted by Gasteiger charge is 2.12. The lowest BCUT2D eigenvalue weighted by atomic mass is 10.1. The van der Waals surface area contributed by atoms with Crippen LogP contribution < -0.4 is 5.73 Å². The molecule has 2 aromatic rings. The molecule has 5 heteroatoms. The van der Waals surface area contributed by atoms with E-state index in [-0.39, 0.29) is 17.2 Å². The lowest BCUT2D eigenvalue weighted by Gasteiger charge is -2.07. The van der Waals surface area contributed by atoms with Crippen molar-refractivity contribution in [3.63, 3.8) is 0 Å². The Morgan fingerprint density at radius 2 is 2.00 bits per heavy atom. The molecule has 0 atom stereocenters. The molecular formula is C13H11FN4. The van der Waals surface area contributed by atoms with E-state index in [9.17, 15) is 4.39 Å². The number of anilines is 1. The molecule has 0 aliphatic carbocycles. The Morgan fingerprint density at radius 1 is 1.28 bits per heavy atom. The van der Waals surface area contributed by atoms with Crippen LogP contribution in [0.2, 0.25) is 0 Å². The highest BCUT2D eigenvalue weighted by Crippen LogP contribution is 2.23. The van der Waals surface area contributed by atoms with Gasteiger partial charge in [-0.05, 0) is 37.6 Å². The molecule has 0 unspecified atom stereocenters.